The lowest BCUT2D eigenvalue weighted by atomic mass is 9.72. The van der Waals surface area contributed by atoms with Crippen LogP contribution in [-0.2, 0) is 0 Å². The summed E-state index contributed by atoms with van der Waals surface area (Å²) in [7, 11) is 0. The van der Waals surface area contributed by atoms with E-state index in [2.05, 4.69) is 0 Å². The van der Waals surface area contributed by atoms with E-state index >= 15 is 0 Å². The summed E-state index contributed by atoms with van der Waals surface area (Å²) in [5, 5.41) is 0. The molecule has 0 aliphatic heterocycles. The number of nitrogens with two attached hydrogens (primary N) is 1. The first-order valence-electron chi connectivity index (χ1n) is 6.55. The zero-order valence-corrected chi connectivity index (χ0v) is 9.43. The van der Waals surface area contributed by atoms with Crippen molar-refractivity contribution < 1.29 is 0 Å². The molecule has 1 unspecified atom stereocenters. The molecule has 0 aromatic rings. The third-order valence-electron chi connectivity index (χ3n) is 4.54. The van der Waals surface area contributed by atoms with Crippen molar-refractivity contribution in [3.05, 3.63) is 0 Å². The molecule has 2 N–H and O–H groups in total. The van der Waals surface area contributed by atoms with Gasteiger partial charge in [0.1, 0.15) is 0 Å². The van der Waals surface area contributed by atoms with E-state index in [0.717, 1.165) is 17.9 Å². The van der Waals surface area contributed by atoms with Crippen LogP contribution in [0.15, 0.2) is 0 Å². The molecular weight excluding hydrogens is 170 g/mol. The van der Waals surface area contributed by atoms with Crippen LogP contribution in [0, 0.1) is 11.3 Å². The Morgan fingerprint density at radius 2 is 1.86 bits per heavy atom. The molecular formula is C13H25N. The number of hydrogen-bond acceptors (Lipinski definition) is 1. The van der Waals surface area contributed by atoms with Gasteiger partial charge >= 0.3 is 0 Å². The van der Waals surface area contributed by atoms with Crippen molar-refractivity contribution >= 4 is 0 Å². The van der Waals surface area contributed by atoms with Crippen molar-refractivity contribution in [3.63, 3.8) is 0 Å². The van der Waals surface area contributed by atoms with Gasteiger partial charge in [0.2, 0.25) is 0 Å². The quantitative estimate of drug-likeness (QED) is 0.733. The van der Waals surface area contributed by atoms with Gasteiger partial charge in [0, 0.05) is 0 Å². The molecule has 1 nitrogen and oxygen atoms in total. The van der Waals surface area contributed by atoms with E-state index in [0.29, 0.717) is 0 Å². The van der Waals surface area contributed by atoms with E-state index in [1.54, 1.807) is 0 Å². The third kappa shape index (κ3) is 2.31. The maximum Gasteiger partial charge on any atom is -0.00772 e. The van der Waals surface area contributed by atoms with Gasteiger partial charge in [-0.2, -0.15) is 0 Å². The van der Waals surface area contributed by atoms with Crippen molar-refractivity contribution in [2.75, 3.05) is 6.54 Å². The third-order valence-corrected chi connectivity index (χ3v) is 4.54. The largest absolute Gasteiger partial charge is 0.330 e. The molecule has 0 heterocycles. The van der Waals surface area contributed by atoms with Gasteiger partial charge in [0.25, 0.3) is 0 Å². The average Bonchev–Trinajstić information content (AvgIpc) is 2.60. The molecule has 2 fully saturated rings. The van der Waals surface area contributed by atoms with Gasteiger partial charge in [-0.1, -0.05) is 19.3 Å². The summed E-state index contributed by atoms with van der Waals surface area (Å²) in [4.78, 5) is 0. The predicted molar refractivity (Wildman–Crippen MR) is 61.1 cm³/mol. The van der Waals surface area contributed by atoms with E-state index in [4.69, 9.17) is 5.73 Å². The first kappa shape index (κ1) is 10.5. The topological polar surface area (TPSA) is 26.0 Å². The Morgan fingerprint density at radius 1 is 1.07 bits per heavy atom. The molecule has 2 rings (SSSR count). The molecule has 0 radical (unpaired) electrons. The van der Waals surface area contributed by atoms with Crippen LogP contribution in [0.4, 0.5) is 0 Å². The minimum atomic E-state index is 0.803. The van der Waals surface area contributed by atoms with Crippen molar-refractivity contribution in [1.29, 1.82) is 0 Å². The second-order valence-electron chi connectivity index (χ2n) is 5.60. The van der Waals surface area contributed by atoms with Gasteiger partial charge in [-0.25, -0.2) is 0 Å². The molecule has 0 saturated heterocycles. The van der Waals surface area contributed by atoms with Crippen LogP contribution in [0.1, 0.15) is 64.2 Å². The fourth-order valence-electron chi connectivity index (χ4n) is 3.74. The fraction of sp³-hybridized carbons (Fsp3) is 1.00. The molecule has 2 aliphatic rings. The van der Waals surface area contributed by atoms with Crippen LogP contribution >= 0.6 is 0 Å². The van der Waals surface area contributed by atoms with Crippen LogP contribution < -0.4 is 5.73 Å². The van der Waals surface area contributed by atoms with Crippen LogP contribution in [0.3, 0.4) is 0 Å². The zero-order valence-electron chi connectivity index (χ0n) is 9.43. The highest BCUT2D eigenvalue weighted by Crippen LogP contribution is 2.52. The summed E-state index contributed by atoms with van der Waals surface area (Å²) in [5.41, 5.74) is 6.38. The predicted octanol–water partition coefficient (Wildman–Crippen LogP) is 3.48. The summed E-state index contributed by atoms with van der Waals surface area (Å²) >= 11 is 0. The van der Waals surface area contributed by atoms with Gasteiger partial charge in [-0.15, -0.1) is 0 Å². The van der Waals surface area contributed by atoms with Gasteiger partial charge in [0.15, 0.2) is 0 Å². The summed E-state index contributed by atoms with van der Waals surface area (Å²) in [6.07, 6.45) is 14.8. The van der Waals surface area contributed by atoms with Gasteiger partial charge in [-0.05, 0) is 62.8 Å². The highest BCUT2D eigenvalue weighted by Gasteiger charge is 2.38. The number of rotatable bonds is 3. The minimum absolute atomic E-state index is 0.803. The fourth-order valence-corrected chi connectivity index (χ4v) is 3.74. The van der Waals surface area contributed by atoms with E-state index in [-0.39, 0.29) is 0 Å². The van der Waals surface area contributed by atoms with Gasteiger partial charge < -0.3 is 5.73 Å². The summed E-state index contributed by atoms with van der Waals surface area (Å²) in [5.74, 6) is 1.02. The second-order valence-corrected chi connectivity index (χ2v) is 5.60. The summed E-state index contributed by atoms with van der Waals surface area (Å²) < 4.78 is 0. The standard InChI is InChI=1S/C13H25N/c14-10-4-5-12-6-9-13(11-12)7-2-1-3-8-13/h12H,1-11,14H2. The highest BCUT2D eigenvalue weighted by molar-refractivity contribution is 4.90. The molecule has 2 aliphatic carbocycles. The molecule has 82 valence electrons. The molecule has 14 heavy (non-hydrogen) atoms. The minimum Gasteiger partial charge on any atom is -0.330 e. The van der Waals surface area contributed by atoms with Gasteiger partial charge in [-0.3, -0.25) is 0 Å². The van der Waals surface area contributed by atoms with Gasteiger partial charge in [0.05, 0.1) is 0 Å². The normalized spacial score (nSPS) is 31.1. The molecule has 1 atom stereocenters. The maximum absolute atomic E-state index is 5.58. The van der Waals surface area contributed by atoms with E-state index in [1.807, 2.05) is 0 Å². The monoisotopic (exact) mass is 195 g/mol. The Labute approximate surface area is 88.4 Å². The first-order chi connectivity index (χ1) is 6.85. The van der Waals surface area contributed by atoms with E-state index in [1.165, 1.54) is 64.2 Å². The second kappa shape index (κ2) is 4.65. The lowest BCUT2D eigenvalue weighted by Gasteiger charge is -2.33. The number of hydrogen-bond donors (Lipinski definition) is 1. The Hall–Kier alpha value is -0.0400. The van der Waals surface area contributed by atoms with Crippen LogP contribution in [0.2, 0.25) is 0 Å². The maximum atomic E-state index is 5.58. The Balaban J connectivity index is 1.80. The molecule has 1 heteroatoms. The Bertz CT molecular complexity index is 170. The average molecular weight is 195 g/mol. The first-order valence-corrected chi connectivity index (χ1v) is 6.55. The molecule has 0 aromatic heterocycles. The summed E-state index contributed by atoms with van der Waals surface area (Å²) in [6, 6.07) is 0. The lowest BCUT2D eigenvalue weighted by molar-refractivity contribution is 0.188. The smallest absolute Gasteiger partial charge is 0.00772 e. The molecule has 0 bridgehead atoms. The summed E-state index contributed by atoms with van der Waals surface area (Å²) in [6.45, 7) is 0.892. The van der Waals surface area contributed by atoms with Crippen molar-refractivity contribution in [2.45, 2.75) is 64.2 Å². The van der Waals surface area contributed by atoms with Crippen LogP contribution in [0.5, 0.6) is 0 Å². The zero-order chi connectivity index (χ0) is 9.86. The highest BCUT2D eigenvalue weighted by atomic mass is 14.5. The van der Waals surface area contributed by atoms with Crippen LogP contribution in [-0.4, -0.2) is 6.54 Å². The van der Waals surface area contributed by atoms with E-state index in [9.17, 15) is 0 Å². The van der Waals surface area contributed by atoms with Crippen molar-refractivity contribution in [1.82, 2.24) is 0 Å². The molecule has 0 amide bonds. The molecule has 2 saturated carbocycles. The lowest BCUT2D eigenvalue weighted by Crippen LogP contribution is -2.20. The van der Waals surface area contributed by atoms with E-state index < -0.39 is 0 Å². The van der Waals surface area contributed by atoms with Crippen molar-refractivity contribution in [3.8, 4) is 0 Å². The molecule has 1 spiro atoms. The Morgan fingerprint density at radius 3 is 2.57 bits per heavy atom. The SMILES string of the molecule is NCCCC1CCC2(CCCCC2)C1. The molecule has 0 aromatic carbocycles. The van der Waals surface area contributed by atoms with Crippen molar-refractivity contribution in [2.24, 2.45) is 17.1 Å². The Kier molecular flexibility index (Phi) is 3.48. The van der Waals surface area contributed by atoms with Crippen LogP contribution in [0.25, 0.3) is 0 Å².